The number of rotatable bonds is 7. The largest absolute Gasteiger partial charge is 0.494 e. The summed E-state index contributed by atoms with van der Waals surface area (Å²) in [7, 11) is 1.79. The van der Waals surface area contributed by atoms with Gasteiger partial charge in [0.15, 0.2) is 5.96 Å². The molecule has 0 amide bonds. The van der Waals surface area contributed by atoms with Gasteiger partial charge in [0.25, 0.3) is 0 Å². The van der Waals surface area contributed by atoms with Gasteiger partial charge in [0.05, 0.1) is 19.8 Å². The van der Waals surface area contributed by atoms with Gasteiger partial charge in [-0.3, -0.25) is 4.99 Å². The summed E-state index contributed by atoms with van der Waals surface area (Å²) in [5.74, 6) is 1.67. The number of guanidine groups is 1. The van der Waals surface area contributed by atoms with Crippen molar-refractivity contribution in [2.45, 2.75) is 20.0 Å². The molecule has 0 unspecified atom stereocenters. The van der Waals surface area contributed by atoms with Crippen LogP contribution in [-0.2, 0) is 17.8 Å². The van der Waals surface area contributed by atoms with Crippen molar-refractivity contribution in [2.24, 2.45) is 4.99 Å². The van der Waals surface area contributed by atoms with Crippen LogP contribution >= 0.6 is 0 Å². The van der Waals surface area contributed by atoms with E-state index in [0.717, 1.165) is 43.6 Å². The summed E-state index contributed by atoms with van der Waals surface area (Å²) < 4.78 is 11.2. The fourth-order valence-corrected chi connectivity index (χ4v) is 3.30. The van der Waals surface area contributed by atoms with E-state index in [2.05, 4.69) is 50.9 Å². The molecular formula is C22H30N4O2. The van der Waals surface area contributed by atoms with Crippen molar-refractivity contribution in [3.8, 4) is 5.75 Å². The molecule has 1 saturated heterocycles. The van der Waals surface area contributed by atoms with E-state index in [-0.39, 0.29) is 0 Å². The Morgan fingerprint density at radius 3 is 2.36 bits per heavy atom. The zero-order chi connectivity index (χ0) is 19.6. The molecule has 1 aliphatic rings. The first kappa shape index (κ1) is 20.0. The highest BCUT2D eigenvalue weighted by molar-refractivity contribution is 5.79. The van der Waals surface area contributed by atoms with E-state index in [4.69, 9.17) is 9.47 Å². The fourth-order valence-electron chi connectivity index (χ4n) is 3.30. The molecule has 2 aromatic rings. The summed E-state index contributed by atoms with van der Waals surface area (Å²) in [6, 6.07) is 16.6. The number of morpholine rings is 1. The molecule has 0 aromatic heterocycles. The third-order valence-corrected chi connectivity index (χ3v) is 4.73. The molecule has 2 N–H and O–H groups in total. The number of nitrogens with one attached hydrogen (secondary N) is 2. The zero-order valence-corrected chi connectivity index (χ0v) is 16.8. The van der Waals surface area contributed by atoms with Gasteiger partial charge in [-0.05, 0) is 24.6 Å². The first-order chi connectivity index (χ1) is 13.8. The van der Waals surface area contributed by atoms with E-state index >= 15 is 0 Å². The van der Waals surface area contributed by atoms with Crippen LogP contribution in [-0.4, -0.2) is 45.9 Å². The predicted molar refractivity (Wildman–Crippen MR) is 114 cm³/mol. The highest BCUT2D eigenvalue weighted by Gasteiger charge is 2.14. The van der Waals surface area contributed by atoms with Gasteiger partial charge in [-0.2, -0.15) is 0 Å². The number of nitrogens with zero attached hydrogens (tertiary/aromatic N) is 2. The maximum absolute atomic E-state index is 5.70. The highest BCUT2D eigenvalue weighted by Crippen LogP contribution is 2.21. The summed E-state index contributed by atoms with van der Waals surface area (Å²) in [4.78, 5) is 6.74. The van der Waals surface area contributed by atoms with E-state index in [9.17, 15) is 0 Å². The van der Waals surface area contributed by atoms with Crippen molar-refractivity contribution in [1.29, 1.82) is 0 Å². The maximum atomic E-state index is 5.70. The number of para-hydroxylation sites is 2. The molecule has 0 atom stereocenters. The van der Waals surface area contributed by atoms with E-state index in [1.54, 1.807) is 7.05 Å². The van der Waals surface area contributed by atoms with Gasteiger partial charge < -0.3 is 25.0 Å². The molecule has 1 fully saturated rings. The van der Waals surface area contributed by atoms with Crippen LogP contribution in [0.25, 0.3) is 0 Å². The Bertz CT molecular complexity index is 773. The normalized spacial score (nSPS) is 14.6. The van der Waals surface area contributed by atoms with Crippen molar-refractivity contribution in [3.05, 3.63) is 59.7 Å². The fraction of sp³-hybridized carbons (Fsp3) is 0.409. The van der Waals surface area contributed by atoms with E-state index in [0.29, 0.717) is 19.7 Å². The third kappa shape index (κ3) is 5.39. The summed E-state index contributed by atoms with van der Waals surface area (Å²) >= 11 is 0. The summed E-state index contributed by atoms with van der Waals surface area (Å²) in [5.41, 5.74) is 3.62. The second-order valence-electron chi connectivity index (χ2n) is 6.55. The number of hydrogen-bond acceptors (Lipinski definition) is 4. The zero-order valence-electron chi connectivity index (χ0n) is 16.8. The van der Waals surface area contributed by atoms with Gasteiger partial charge in [-0.15, -0.1) is 0 Å². The van der Waals surface area contributed by atoms with Crippen LogP contribution < -0.4 is 20.3 Å². The van der Waals surface area contributed by atoms with Gasteiger partial charge in [0.2, 0.25) is 0 Å². The van der Waals surface area contributed by atoms with Crippen LogP contribution in [0.3, 0.4) is 0 Å². The lowest BCUT2D eigenvalue weighted by Crippen LogP contribution is -2.39. The van der Waals surface area contributed by atoms with Gasteiger partial charge in [-0.1, -0.05) is 36.4 Å². The molecular weight excluding hydrogens is 352 g/mol. The smallest absolute Gasteiger partial charge is 0.191 e. The highest BCUT2D eigenvalue weighted by atomic mass is 16.5. The Morgan fingerprint density at radius 1 is 1.00 bits per heavy atom. The average molecular weight is 383 g/mol. The first-order valence-corrected chi connectivity index (χ1v) is 9.87. The van der Waals surface area contributed by atoms with Crippen molar-refractivity contribution in [1.82, 2.24) is 10.6 Å². The molecule has 6 nitrogen and oxygen atoms in total. The van der Waals surface area contributed by atoms with Crippen LogP contribution in [0, 0.1) is 0 Å². The maximum Gasteiger partial charge on any atom is 0.191 e. The second kappa shape index (κ2) is 10.6. The molecule has 150 valence electrons. The number of aliphatic imine (C=N–C) groups is 1. The third-order valence-electron chi connectivity index (χ3n) is 4.73. The molecule has 0 saturated carbocycles. The second-order valence-corrected chi connectivity index (χ2v) is 6.55. The lowest BCUT2D eigenvalue weighted by atomic mass is 10.1. The minimum Gasteiger partial charge on any atom is -0.494 e. The molecule has 0 aliphatic carbocycles. The topological polar surface area (TPSA) is 58.1 Å². The van der Waals surface area contributed by atoms with Crippen molar-refractivity contribution >= 4 is 11.6 Å². The van der Waals surface area contributed by atoms with Gasteiger partial charge in [-0.25, -0.2) is 0 Å². The molecule has 2 aromatic carbocycles. The van der Waals surface area contributed by atoms with Crippen LogP contribution in [0.2, 0.25) is 0 Å². The summed E-state index contributed by atoms with van der Waals surface area (Å²) in [6.07, 6.45) is 0. The minimum absolute atomic E-state index is 0.654. The van der Waals surface area contributed by atoms with Crippen LogP contribution in [0.1, 0.15) is 18.1 Å². The molecule has 3 rings (SSSR count). The standard InChI is InChI=1S/C22H30N4O2/c1-3-28-21-11-7-5-9-19(21)17-25-22(23-2)24-16-18-8-4-6-10-20(18)26-12-14-27-15-13-26/h4-11H,3,12-17H2,1-2H3,(H2,23,24,25). The van der Waals surface area contributed by atoms with Crippen LogP contribution in [0.15, 0.2) is 53.5 Å². The quantitative estimate of drug-likeness (QED) is 0.570. The predicted octanol–water partition coefficient (Wildman–Crippen LogP) is 2.79. The molecule has 1 aliphatic heterocycles. The Kier molecular flexibility index (Phi) is 7.55. The van der Waals surface area contributed by atoms with Gasteiger partial charge in [0.1, 0.15) is 5.75 Å². The van der Waals surface area contributed by atoms with E-state index in [1.165, 1.54) is 11.3 Å². The Morgan fingerprint density at radius 2 is 1.64 bits per heavy atom. The van der Waals surface area contributed by atoms with Crippen molar-refractivity contribution in [2.75, 3.05) is 44.9 Å². The SMILES string of the molecule is CCOc1ccccc1CNC(=NC)NCc1ccccc1N1CCOCC1. The van der Waals surface area contributed by atoms with Crippen molar-refractivity contribution < 1.29 is 9.47 Å². The summed E-state index contributed by atoms with van der Waals surface area (Å²) in [5, 5.41) is 6.81. The lowest BCUT2D eigenvalue weighted by Gasteiger charge is -2.30. The van der Waals surface area contributed by atoms with E-state index < -0.39 is 0 Å². The minimum atomic E-state index is 0.654. The Balaban J connectivity index is 1.59. The number of benzene rings is 2. The van der Waals surface area contributed by atoms with Crippen LogP contribution in [0.5, 0.6) is 5.75 Å². The lowest BCUT2D eigenvalue weighted by molar-refractivity contribution is 0.122. The Labute approximate surface area is 167 Å². The molecule has 0 spiro atoms. The summed E-state index contributed by atoms with van der Waals surface area (Å²) in [6.45, 7) is 7.44. The van der Waals surface area contributed by atoms with Crippen molar-refractivity contribution in [3.63, 3.8) is 0 Å². The van der Waals surface area contributed by atoms with Gasteiger partial charge >= 0.3 is 0 Å². The molecule has 6 heteroatoms. The monoisotopic (exact) mass is 382 g/mol. The molecule has 0 radical (unpaired) electrons. The molecule has 28 heavy (non-hydrogen) atoms. The number of hydrogen-bond donors (Lipinski definition) is 2. The number of ether oxygens (including phenoxy) is 2. The van der Waals surface area contributed by atoms with Crippen LogP contribution in [0.4, 0.5) is 5.69 Å². The molecule has 1 heterocycles. The number of anilines is 1. The average Bonchev–Trinajstić information content (AvgIpc) is 2.76. The Hall–Kier alpha value is -2.73. The first-order valence-electron chi connectivity index (χ1n) is 9.87. The van der Waals surface area contributed by atoms with Gasteiger partial charge in [0, 0.05) is 44.5 Å². The molecule has 0 bridgehead atoms. The van der Waals surface area contributed by atoms with E-state index in [1.807, 2.05) is 25.1 Å².